The van der Waals surface area contributed by atoms with Crippen LogP contribution in [-0.4, -0.2) is 37.5 Å². The Balaban J connectivity index is 1.72. The minimum absolute atomic E-state index is 0.0978. The molecule has 2 aromatic heterocycles. The standard InChI is InChI=1S/C19H21ClN6OS/c1-11-6-7-12(2)15(9-11)25-17(20)14(13(3)24-25)10-21-26-18(22-23-19(26)28)16-5-4-8-27-16/h6-7,9-10,16H,4-5,8H2,1-3H3,(H,23,28)/b21-10-/t16-/m0/s1. The summed E-state index contributed by atoms with van der Waals surface area (Å²) in [6.07, 6.45) is 3.48. The molecule has 1 aromatic carbocycles. The molecule has 1 fully saturated rings. The molecular weight excluding hydrogens is 396 g/mol. The van der Waals surface area contributed by atoms with Gasteiger partial charge in [0.05, 0.1) is 23.2 Å². The van der Waals surface area contributed by atoms with E-state index >= 15 is 0 Å². The average molecular weight is 417 g/mol. The van der Waals surface area contributed by atoms with Gasteiger partial charge in [0.25, 0.3) is 0 Å². The number of hydrogen-bond donors (Lipinski definition) is 1. The highest BCUT2D eigenvalue weighted by Gasteiger charge is 2.24. The normalized spacial score (nSPS) is 17.1. The first-order valence-corrected chi connectivity index (χ1v) is 9.90. The van der Waals surface area contributed by atoms with Crippen molar-refractivity contribution in [1.82, 2.24) is 24.7 Å². The molecule has 0 amide bonds. The lowest BCUT2D eigenvalue weighted by molar-refractivity contribution is 0.102. The lowest BCUT2D eigenvalue weighted by atomic mass is 10.1. The molecule has 0 saturated carbocycles. The Morgan fingerprint density at radius 3 is 2.93 bits per heavy atom. The Morgan fingerprint density at radius 2 is 2.18 bits per heavy atom. The summed E-state index contributed by atoms with van der Waals surface area (Å²) in [7, 11) is 0. The van der Waals surface area contributed by atoms with E-state index in [1.807, 2.05) is 20.8 Å². The van der Waals surface area contributed by atoms with Gasteiger partial charge in [-0.25, -0.2) is 4.68 Å². The van der Waals surface area contributed by atoms with E-state index in [0.717, 1.165) is 47.5 Å². The van der Waals surface area contributed by atoms with Gasteiger partial charge in [-0.1, -0.05) is 23.7 Å². The molecule has 1 aliphatic heterocycles. The fourth-order valence-corrected chi connectivity index (χ4v) is 3.79. The summed E-state index contributed by atoms with van der Waals surface area (Å²) in [5.41, 5.74) is 4.71. The highest BCUT2D eigenvalue weighted by molar-refractivity contribution is 7.71. The summed E-state index contributed by atoms with van der Waals surface area (Å²) in [6, 6.07) is 6.19. The fourth-order valence-electron chi connectivity index (χ4n) is 3.29. The minimum atomic E-state index is -0.0978. The topological polar surface area (TPSA) is 73.0 Å². The van der Waals surface area contributed by atoms with E-state index in [-0.39, 0.29) is 6.10 Å². The van der Waals surface area contributed by atoms with Crippen molar-refractivity contribution in [2.75, 3.05) is 6.61 Å². The first-order chi connectivity index (χ1) is 13.5. The maximum absolute atomic E-state index is 6.66. The number of halogens is 1. The van der Waals surface area contributed by atoms with Gasteiger partial charge in [0.1, 0.15) is 11.3 Å². The summed E-state index contributed by atoms with van der Waals surface area (Å²) in [5, 5.41) is 16.7. The number of aromatic amines is 1. The second-order valence-electron chi connectivity index (χ2n) is 6.94. The SMILES string of the molecule is Cc1ccc(C)c(-n2nc(C)c(/C=N\n3c([C@@H]4CCCO4)n[nH]c3=S)c2Cl)c1. The van der Waals surface area contributed by atoms with E-state index < -0.39 is 0 Å². The van der Waals surface area contributed by atoms with Gasteiger partial charge in [-0.3, -0.25) is 5.10 Å². The molecular formula is C19H21ClN6OS. The number of H-pyrrole nitrogens is 1. The predicted molar refractivity (Wildman–Crippen MR) is 111 cm³/mol. The van der Waals surface area contributed by atoms with Crippen molar-refractivity contribution in [3.8, 4) is 5.69 Å². The molecule has 0 bridgehead atoms. The molecule has 1 atom stereocenters. The van der Waals surface area contributed by atoms with Crippen LogP contribution in [-0.2, 0) is 4.74 Å². The number of nitrogens with one attached hydrogen (secondary N) is 1. The zero-order valence-electron chi connectivity index (χ0n) is 15.9. The van der Waals surface area contributed by atoms with E-state index in [9.17, 15) is 0 Å². The van der Waals surface area contributed by atoms with Crippen LogP contribution in [0.1, 0.15) is 47.2 Å². The number of ether oxygens (including phenoxy) is 1. The monoisotopic (exact) mass is 416 g/mol. The average Bonchev–Trinajstić information content (AvgIpc) is 3.37. The van der Waals surface area contributed by atoms with Crippen LogP contribution in [0.25, 0.3) is 5.69 Å². The molecule has 3 heterocycles. The van der Waals surface area contributed by atoms with Crippen LogP contribution >= 0.6 is 23.8 Å². The molecule has 1 aliphatic rings. The molecule has 146 valence electrons. The van der Waals surface area contributed by atoms with Crippen LogP contribution in [0.2, 0.25) is 5.15 Å². The number of nitrogens with zero attached hydrogens (tertiary/aromatic N) is 5. The summed E-state index contributed by atoms with van der Waals surface area (Å²) < 4.78 is 9.47. The maximum atomic E-state index is 6.66. The van der Waals surface area contributed by atoms with Gasteiger partial charge in [-0.15, -0.1) is 0 Å². The fraction of sp³-hybridized carbons (Fsp3) is 0.368. The van der Waals surface area contributed by atoms with Crippen molar-refractivity contribution in [3.05, 3.63) is 56.3 Å². The third-order valence-corrected chi connectivity index (χ3v) is 5.46. The summed E-state index contributed by atoms with van der Waals surface area (Å²) in [5.74, 6) is 0.675. The summed E-state index contributed by atoms with van der Waals surface area (Å²) >= 11 is 12.0. The minimum Gasteiger partial charge on any atom is -0.370 e. The highest BCUT2D eigenvalue weighted by Crippen LogP contribution is 2.28. The van der Waals surface area contributed by atoms with Crippen molar-refractivity contribution in [1.29, 1.82) is 0 Å². The third-order valence-electron chi connectivity index (χ3n) is 4.84. The number of benzene rings is 1. The number of hydrogen-bond acceptors (Lipinski definition) is 5. The Labute approximate surface area is 173 Å². The van der Waals surface area contributed by atoms with Crippen LogP contribution in [0.3, 0.4) is 0 Å². The van der Waals surface area contributed by atoms with Crippen LogP contribution in [0, 0.1) is 25.5 Å². The summed E-state index contributed by atoms with van der Waals surface area (Å²) in [6.45, 7) is 6.71. The Bertz CT molecular complexity index is 1110. The third kappa shape index (κ3) is 3.43. The second-order valence-corrected chi connectivity index (χ2v) is 7.68. The van der Waals surface area contributed by atoms with Gasteiger partial charge in [0.2, 0.25) is 4.77 Å². The Kier molecular flexibility index (Phi) is 5.18. The van der Waals surface area contributed by atoms with E-state index in [4.69, 9.17) is 28.6 Å². The number of rotatable bonds is 4. The zero-order chi connectivity index (χ0) is 19.8. The van der Waals surface area contributed by atoms with Crippen LogP contribution in [0.5, 0.6) is 0 Å². The van der Waals surface area contributed by atoms with Gasteiger partial charge in [0, 0.05) is 6.61 Å². The molecule has 9 heteroatoms. The molecule has 3 aromatic rings. The van der Waals surface area contributed by atoms with Crippen LogP contribution in [0.15, 0.2) is 23.3 Å². The first-order valence-electron chi connectivity index (χ1n) is 9.11. The van der Waals surface area contributed by atoms with Gasteiger partial charge in [-0.05, 0) is 63.0 Å². The number of aryl methyl sites for hydroxylation is 3. The molecule has 1 N–H and O–H groups in total. The van der Waals surface area contributed by atoms with Crippen molar-refractivity contribution in [2.24, 2.45) is 5.10 Å². The van der Waals surface area contributed by atoms with Gasteiger partial charge in [0.15, 0.2) is 5.82 Å². The molecule has 4 rings (SSSR count). The van der Waals surface area contributed by atoms with Gasteiger partial charge < -0.3 is 4.74 Å². The molecule has 0 spiro atoms. The van der Waals surface area contributed by atoms with Crippen LogP contribution < -0.4 is 0 Å². The predicted octanol–water partition coefficient (Wildman–Crippen LogP) is 4.44. The molecule has 7 nitrogen and oxygen atoms in total. The summed E-state index contributed by atoms with van der Waals surface area (Å²) in [4.78, 5) is 0. The second kappa shape index (κ2) is 7.62. The Hall–Kier alpha value is -2.29. The van der Waals surface area contributed by atoms with Crippen molar-refractivity contribution < 1.29 is 4.74 Å². The van der Waals surface area contributed by atoms with Gasteiger partial charge in [-0.2, -0.15) is 20.0 Å². The molecule has 0 radical (unpaired) electrons. The molecule has 1 saturated heterocycles. The van der Waals surface area contributed by atoms with Crippen molar-refractivity contribution in [3.63, 3.8) is 0 Å². The van der Waals surface area contributed by atoms with Crippen LogP contribution in [0.4, 0.5) is 0 Å². The van der Waals surface area contributed by atoms with E-state index in [2.05, 4.69) is 38.6 Å². The maximum Gasteiger partial charge on any atom is 0.216 e. The lowest BCUT2D eigenvalue weighted by Crippen LogP contribution is -2.05. The van der Waals surface area contributed by atoms with Crippen molar-refractivity contribution >= 4 is 30.0 Å². The van der Waals surface area contributed by atoms with E-state index in [0.29, 0.717) is 15.7 Å². The van der Waals surface area contributed by atoms with E-state index in [1.54, 1.807) is 15.6 Å². The molecule has 28 heavy (non-hydrogen) atoms. The highest BCUT2D eigenvalue weighted by atomic mass is 35.5. The van der Waals surface area contributed by atoms with E-state index in [1.165, 1.54) is 0 Å². The van der Waals surface area contributed by atoms with Crippen molar-refractivity contribution in [2.45, 2.75) is 39.7 Å². The molecule has 0 unspecified atom stereocenters. The molecule has 0 aliphatic carbocycles. The zero-order valence-corrected chi connectivity index (χ0v) is 17.5. The first kappa shape index (κ1) is 19.0. The van der Waals surface area contributed by atoms with Gasteiger partial charge >= 0.3 is 0 Å². The quantitative estimate of drug-likeness (QED) is 0.504. The Morgan fingerprint density at radius 1 is 1.36 bits per heavy atom. The lowest BCUT2D eigenvalue weighted by Gasteiger charge is -2.08. The largest absolute Gasteiger partial charge is 0.370 e. The smallest absolute Gasteiger partial charge is 0.216 e. The number of aromatic nitrogens is 5.